The van der Waals surface area contributed by atoms with Crippen LogP contribution in [0.2, 0.25) is 0 Å². The van der Waals surface area contributed by atoms with Gasteiger partial charge in [0.25, 0.3) is 5.56 Å². The van der Waals surface area contributed by atoms with Crippen LogP contribution in [0.3, 0.4) is 0 Å². The zero-order chi connectivity index (χ0) is 14.8. The Kier molecular flexibility index (Phi) is 4.86. The third-order valence-corrected chi connectivity index (χ3v) is 4.50. The molecule has 0 bridgehead atoms. The van der Waals surface area contributed by atoms with Crippen LogP contribution >= 0.6 is 15.9 Å². The molecular weight excluding hydrogens is 322 g/mol. The first kappa shape index (κ1) is 15.5. The minimum atomic E-state index is -0.183. The lowest BCUT2D eigenvalue weighted by Gasteiger charge is -2.39. The van der Waals surface area contributed by atoms with Crippen LogP contribution in [0, 0.1) is 5.92 Å². The Morgan fingerprint density at radius 1 is 1.55 bits per heavy atom. The molecule has 20 heavy (non-hydrogen) atoms. The van der Waals surface area contributed by atoms with E-state index in [2.05, 4.69) is 46.7 Å². The third kappa shape index (κ3) is 3.82. The Bertz CT molecular complexity index is 515. The molecule has 2 rings (SSSR count). The average molecular weight is 344 g/mol. The van der Waals surface area contributed by atoms with Gasteiger partial charge in [0.2, 0.25) is 0 Å². The second kappa shape index (κ2) is 6.26. The molecule has 1 saturated heterocycles. The summed E-state index contributed by atoms with van der Waals surface area (Å²) in [6.07, 6.45) is 1.78. The van der Waals surface area contributed by atoms with Crippen molar-refractivity contribution in [2.45, 2.75) is 32.9 Å². The molecule has 1 aromatic heterocycles. The fourth-order valence-corrected chi connectivity index (χ4v) is 2.52. The van der Waals surface area contributed by atoms with Crippen molar-refractivity contribution in [3.05, 3.63) is 22.6 Å². The summed E-state index contributed by atoms with van der Waals surface area (Å²) >= 11 is 3.42. The zero-order valence-corrected chi connectivity index (χ0v) is 13.9. The molecule has 1 aliphatic heterocycles. The molecule has 1 atom stereocenters. The Morgan fingerprint density at radius 2 is 2.30 bits per heavy atom. The van der Waals surface area contributed by atoms with Crippen molar-refractivity contribution in [1.82, 2.24) is 9.78 Å². The predicted molar refractivity (Wildman–Crippen MR) is 83.7 cm³/mol. The maximum absolute atomic E-state index is 12.1. The minimum absolute atomic E-state index is 0.0420. The van der Waals surface area contributed by atoms with Crippen molar-refractivity contribution in [3.8, 4) is 0 Å². The molecule has 0 aromatic carbocycles. The van der Waals surface area contributed by atoms with E-state index in [0.717, 1.165) is 24.1 Å². The molecule has 0 amide bonds. The van der Waals surface area contributed by atoms with E-state index in [1.54, 1.807) is 12.3 Å². The van der Waals surface area contributed by atoms with Crippen LogP contribution in [0.4, 0.5) is 5.69 Å². The van der Waals surface area contributed by atoms with Crippen LogP contribution in [0.25, 0.3) is 0 Å². The quantitative estimate of drug-likeness (QED) is 0.783. The molecule has 0 radical (unpaired) electrons. The van der Waals surface area contributed by atoms with E-state index in [4.69, 9.17) is 4.74 Å². The average Bonchev–Trinajstić information content (AvgIpc) is 2.39. The normalized spacial score (nSPS) is 19.9. The summed E-state index contributed by atoms with van der Waals surface area (Å²) in [5.74, 6) is 0.383. The monoisotopic (exact) mass is 343 g/mol. The van der Waals surface area contributed by atoms with Crippen LogP contribution in [-0.2, 0) is 11.3 Å². The van der Waals surface area contributed by atoms with Gasteiger partial charge in [-0.3, -0.25) is 4.79 Å². The number of hydrogen-bond donors (Lipinski definition) is 0. The highest BCUT2D eigenvalue weighted by molar-refractivity contribution is 9.09. The maximum Gasteiger partial charge on any atom is 0.268 e. The first-order valence-electron chi connectivity index (χ1n) is 6.93. The Hall–Kier alpha value is -0.880. The van der Waals surface area contributed by atoms with Crippen molar-refractivity contribution >= 4 is 21.6 Å². The summed E-state index contributed by atoms with van der Waals surface area (Å²) in [5, 5.41) is 5.15. The summed E-state index contributed by atoms with van der Waals surface area (Å²) in [4.78, 5) is 14.3. The van der Waals surface area contributed by atoms with Crippen molar-refractivity contribution < 1.29 is 4.74 Å². The number of morpholine rings is 1. The molecule has 2 heterocycles. The smallest absolute Gasteiger partial charge is 0.268 e. The van der Waals surface area contributed by atoms with Gasteiger partial charge in [-0.25, -0.2) is 4.68 Å². The predicted octanol–water partition coefficient (Wildman–Crippen LogP) is 1.89. The van der Waals surface area contributed by atoms with Gasteiger partial charge in [-0.15, -0.1) is 0 Å². The molecule has 1 aliphatic rings. The van der Waals surface area contributed by atoms with Gasteiger partial charge in [-0.1, -0.05) is 22.9 Å². The lowest BCUT2D eigenvalue weighted by Crippen LogP contribution is -2.48. The molecule has 112 valence electrons. The van der Waals surface area contributed by atoms with Crippen molar-refractivity contribution in [2.75, 3.05) is 29.9 Å². The Labute approximate surface area is 128 Å². The second-order valence-electron chi connectivity index (χ2n) is 6.02. The summed E-state index contributed by atoms with van der Waals surface area (Å²) in [7, 11) is 0. The van der Waals surface area contributed by atoms with Gasteiger partial charge < -0.3 is 9.64 Å². The first-order valence-corrected chi connectivity index (χ1v) is 8.05. The fourth-order valence-electron chi connectivity index (χ4n) is 2.31. The van der Waals surface area contributed by atoms with Gasteiger partial charge in [-0.2, -0.15) is 5.10 Å². The molecule has 0 spiro atoms. The van der Waals surface area contributed by atoms with Crippen molar-refractivity contribution in [1.29, 1.82) is 0 Å². The zero-order valence-electron chi connectivity index (χ0n) is 12.3. The number of ether oxygens (including phenoxy) is 1. The molecule has 5 nitrogen and oxygen atoms in total. The number of aromatic nitrogens is 2. The highest BCUT2D eigenvalue weighted by Gasteiger charge is 2.27. The lowest BCUT2D eigenvalue weighted by atomic mass is 10.1. The molecule has 1 unspecified atom stereocenters. The topological polar surface area (TPSA) is 47.4 Å². The van der Waals surface area contributed by atoms with E-state index in [-0.39, 0.29) is 11.2 Å². The molecule has 6 heteroatoms. The molecule has 1 aromatic rings. The van der Waals surface area contributed by atoms with Gasteiger partial charge in [0, 0.05) is 31.0 Å². The van der Waals surface area contributed by atoms with Gasteiger partial charge in [0.1, 0.15) is 0 Å². The van der Waals surface area contributed by atoms with Crippen LogP contribution in [0.5, 0.6) is 0 Å². The molecule has 1 fully saturated rings. The number of hydrogen-bond acceptors (Lipinski definition) is 4. The third-order valence-electron chi connectivity index (χ3n) is 3.39. The van der Waals surface area contributed by atoms with Gasteiger partial charge >= 0.3 is 0 Å². The van der Waals surface area contributed by atoms with Crippen LogP contribution < -0.4 is 10.5 Å². The van der Waals surface area contributed by atoms with E-state index >= 15 is 0 Å². The van der Waals surface area contributed by atoms with Crippen LogP contribution in [0.1, 0.15) is 20.8 Å². The highest BCUT2D eigenvalue weighted by atomic mass is 79.9. The van der Waals surface area contributed by atoms with Crippen molar-refractivity contribution in [2.24, 2.45) is 5.92 Å². The second-order valence-corrected chi connectivity index (χ2v) is 6.67. The van der Waals surface area contributed by atoms with E-state index in [1.165, 1.54) is 4.68 Å². The Balaban J connectivity index is 2.14. The first-order chi connectivity index (χ1) is 9.41. The van der Waals surface area contributed by atoms with Crippen molar-refractivity contribution in [3.63, 3.8) is 0 Å². The molecule has 0 saturated carbocycles. The maximum atomic E-state index is 12.1. The number of anilines is 1. The summed E-state index contributed by atoms with van der Waals surface area (Å²) in [6, 6.07) is 1.68. The van der Waals surface area contributed by atoms with Gasteiger partial charge in [-0.05, 0) is 19.8 Å². The van der Waals surface area contributed by atoms with E-state index in [1.807, 2.05) is 0 Å². The largest absolute Gasteiger partial charge is 0.372 e. The lowest BCUT2D eigenvalue weighted by molar-refractivity contribution is -0.0277. The van der Waals surface area contributed by atoms with Crippen LogP contribution in [-0.4, -0.2) is 40.4 Å². The number of nitrogens with zero attached hydrogens (tertiary/aromatic N) is 3. The fraction of sp³-hybridized carbons (Fsp3) is 0.714. The standard InChI is InChI=1S/C14H22BrN3O2/c1-11(7-15)9-18-13(19)6-12(8-16-18)17-4-5-20-14(2,3)10-17/h6,8,11H,4-5,7,9-10H2,1-3H3. The highest BCUT2D eigenvalue weighted by Crippen LogP contribution is 2.21. The molecule has 0 N–H and O–H groups in total. The van der Waals surface area contributed by atoms with Crippen LogP contribution in [0.15, 0.2) is 17.1 Å². The van der Waals surface area contributed by atoms with E-state index in [0.29, 0.717) is 19.1 Å². The SMILES string of the molecule is CC(CBr)Cn1ncc(N2CCOC(C)(C)C2)cc1=O. The van der Waals surface area contributed by atoms with Gasteiger partial charge in [0.05, 0.1) is 24.1 Å². The summed E-state index contributed by atoms with van der Waals surface area (Å²) in [5.41, 5.74) is 0.658. The number of halogens is 1. The minimum Gasteiger partial charge on any atom is -0.372 e. The van der Waals surface area contributed by atoms with E-state index in [9.17, 15) is 4.79 Å². The Morgan fingerprint density at radius 3 is 2.90 bits per heavy atom. The van der Waals surface area contributed by atoms with Gasteiger partial charge in [0.15, 0.2) is 0 Å². The molecule has 0 aliphatic carbocycles. The molecular formula is C14H22BrN3O2. The van der Waals surface area contributed by atoms with E-state index < -0.39 is 0 Å². The summed E-state index contributed by atoms with van der Waals surface area (Å²) in [6.45, 7) is 9.09. The number of rotatable bonds is 4. The number of alkyl halides is 1. The summed E-state index contributed by atoms with van der Waals surface area (Å²) < 4.78 is 7.22.